The van der Waals surface area contributed by atoms with Crippen LogP contribution in [-0.2, 0) is 11.3 Å². The highest BCUT2D eigenvalue weighted by Crippen LogP contribution is 2.26. The van der Waals surface area contributed by atoms with Gasteiger partial charge >= 0.3 is 5.97 Å². The number of benzene rings is 1. The second-order valence-corrected chi connectivity index (χ2v) is 8.19. The quantitative estimate of drug-likeness (QED) is 0.555. The molecule has 4 rings (SSSR count). The van der Waals surface area contributed by atoms with Crippen LogP contribution < -0.4 is 10.5 Å². The molecular formula is C24H24N6O3. The largest absolute Gasteiger partial charge is 0.481 e. The summed E-state index contributed by atoms with van der Waals surface area (Å²) in [5, 5.41) is 27.2. The average molecular weight is 444 g/mol. The van der Waals surface area contributed by atoms with Crippen molar-refractivity contribution in [2.75, 3.05) is 18.0 Å². The van der Waals surface area contributed by atoms with Crippen LogP contribution in [0, 0.1) is 28.6 Å². The predicted octanol–water partition coefficient (Wildman–Crippen LogP) is 3.03. The maximum atomic E-state index is 13.0. The van der Waals surface area contributed by atoms with Crippen LogP contribution in [0.25, 0.3) is 17.0 Å². The number of unbranched alkanes of at least 4 members (excludes halogenated alkanes) is 2. The smallest absolute Gasteiger partial charge is 0.306 e. The van der Waals surface area contributed by atoms with Crippen molar-refractivity contribution in [1.82, 2.24) is 14.0 Å². The van der Waals surface area contributed by atoms with E-state index in [1.54, 1.807) is 36.5 Å². The summed E-state index contributed by atoms with van der Waals surface area (Å²) in [4.78, 5) is 31.1. The summed E-state index contributed by atoms with van der Waals surface area (Å²) in [6.07, 6.45) is 4.69. The molecule has 1 aliphatic heterocycles. The monoisotopic (exact) mass is 444 g/mol. The standard InChI is InChI=1S/C24H24N6O3/c25-10-2-1-3-11-29-21(28-12-8-19(9-13-28)23(32)33)14-22(31)30-16-20(27-24(29)30)18-6-4-17(15-26)5-7-18/h4-7,14,16,19H,1-3,8-9,11-13H2,(H,32,33). The van der Waals surface area contributed by atoms with Gasteiger partial charge in [0.15, 0.2) is 0 Å². The molecule has 1 saturated heterocycles. The van der Waals surface area contributed by atoms with Crippen molar-refractivity contribution >= 4 is 17.6 Å². The molecule has 0 atom stereocenters. The number of nitrogens with zero attached hydrogens (tertiary/aromatic N) is 6. The molecule has 1 aromatic carbocycles. The second-order valence-electron chi connectivity index (χ2n) is 8.19. The first-order valence-electron chi connectivity index (χ1n) is 11.0. The van der Waals surface area contributed by atoms with Crippen LogP contribution in [-0.4, -0.2) is 38.1 Å². The topological polar surface area (TPSA) is 127 Å². The molecule has 0 amide bonds. The molecule has 1 aliphatic rings. The summed E-state index contributed by atoms with van der Waals surface area (Å²) in [7, 11) is 0. The zero-order chi connectivity index (χ0) is 23.4. The van der Waals surface area contributed by atoms with E-state index >= 15 is 0 Å². The number of nitriles is 2. The lowest BCUT2D eigenvalue weighted by Gasteiger charge is -2.33. The van der Waals surface area contributed by atoms with Crippen LogP contribution >= 0.6 is 0 Å². The van der Waals surface area contributed by atoms with Crippen LogP contribution in [0.2, 0.25) is 0 Å². The van der Waals surface area contributed by atoms with E-state index in [2.05, 4.69) is 17.0 Å². The number of rotatable bonds is 7. The maximum absolute atomic E-state index is 13.0. The third-order valence-corrected chi connectivity index (χ3v) is 6.09. The van der Waals surface area contributed by atoms with E-state index in [1.165, 1.54) is 4.40 Å². The molecule has 0 radical (unpaired) electrons. The first-order valence-corrected chi connectivity index (χ1v) is 11.0. The van der Waals surface area contributed by atoms with E-state index in [-0.39, 0.29) is 11.5 Å². The van der Waals surface area contributed by atoms with Crippen molar-refractivity contribution in [2.24, 2.45) is 5.92 Å². The Labute approximate surface area is 190 Å². The molecule has 2 aromatic heterocycles. The zero-order valence-corrected chi connectivity index (χ0v) is 18.1. The molecule has 0 aliphatic carbocycles. The summed E-state index contributed by atoms with van der Waals surface area (Å²) in [5.74, 6) is 0.0916. The number of hydrogen-bond donors (Lipinski definition) is 1. The minimum absolute atomic E-state index is 0.207. The van der Waals surface area contributed by atoms with Gasteiger partial charge in [0.1, 0.15) is 5.82 Å². The number of piperidine rings is 1. The summed E-state index contributed by atoms with van der Waals surface area (Å²) >= 11 is 0. The van der Waals surface area contributed by atoms with Gasteiger partial charge in [-0.3, -0.25) is 18.6 Å². The van der Waals surface area contributed by atoms with Crippen molar-refractivity contribution in [3.05, 3.63) is 52.4 Å². The summed E-state index contributed by atoms with van der Waals surface area (Å²) in [6, 6.07) is 12.9. The van der Waals surface area contributed by atoms with E-state index in [1.807, 2.05) is 4.57 Å². The van der Waals surface area contributed by atoms with Crippen molar-refractivity contribution < 1.29 is 9.90 Å². The van der Waals surface area contributed by atoms with Gasteiger partial charge in [-0.2, -0.15) is 10.5 Å². The van der Waals surface area contributed by atoms with Crippen LogP contribution in [0.4, 0.5) is 5.82 Å². The van der Waals surface area contributed by atoms with Crippen molar-refractivity contribution in [2.45, 2.75) is 38.6 Å². The Balaban J connectivity index is 1.75. The van der Waals surface area contributed by atoms with Gasteiger partial charge in [0, 0.05) is 43.9 Å². The fraction of sp³-hybridized carbons (Fsp3) is 0.375. The molecule has 9 heteroatoms. The number of carbonyl (C=O) groups is 1. The van der Waals surface area contributed by atoms with E-state index in [0.717, 1.165) is 24.2 Å². The van der Waals surface area contributed by atoms with Crippen molar-refractivity contribution in [1.29, 1.82) is 10.5 Å². The Bertz CT molecular complexity index is 1300. The van der Waals surface area contributed by atoms with Gasteiger partial charge in [-0.1, -0.05) is 12.1 Å². The first kappa shape index (κ1) is 22.1. The molecule has 0 bridgehead atoms. The van der Waals surface area contributed by atoms with Gasteiger partial charge in [0.25, 0.3) is 5.56 Å². The number of aryl methyl sites for hydroxylation is 1. The highest BCUT2D eigenvalue weighted by atomic mass is 16.4. The normalized spacial score (nSPS) is 14.2. The molecule has 9 nitrogen and oxygen atoms in total. The molecule has 0 unspecified atom stereocenters. The molecule has 33 heavy (non-hydrogen) atoms. The van der Waals surface area contributed by atoms with Gasteiger partial charge in [0.05, 0.1) is 29.3 Å². The number of imidazole rings is 1. The molecule has 0 saturated carbocycles. The molecule has 1 fully saturated rings. The Kier molecular flexibility index (Phi) is 6.41. The maximum Gasteiger partial charge on any atom is 0.306 e. The SMILES string of the molecule is N#CCCCCn1c(N2CCC(C(=O)O)CC2)cc(=O)n2cc(-c3ccc(C#N)cc3)nc12. The van der Waals surface area contributed by atoms with E-state index in [0.29, 0.717) is 55.9 Å². The fourth-order valence-corrected chi connectivity index (χ4v) is 4.24. The van der Waals surface area contributed by atoms with Gasteiger partial charge < -0.3 is 10.0 Å². The van der Waals surface area contributed by atoms with Crippen LogP contribution in [0.5, 0.6) is 0 Å². The molecule has 3 aromatic rings. The zero-order valence-electron chi connectivity index (χ0n) is 18.1. The third-order valence-electron chi connectivity index (χ3n) is 6.09. The first-order chi connectivity index (χ1) is 16.0. The predicted molar refractivity (Wildman–Crippen MR) is 122 cm³/mol. The van der Waals surface area contributed by atoms with Crippen LogP contribution in [0.1, 0.15) is 37.7 Å². The Morgan fingerprint density at radius 1 is 1.15 bits per heavy atom. The fourth-order valence-electron chi connectivity index (χ4n) is 4.24. The third kappa shape index (κ3) is 4.58. The molecule has 3 heterocycles. The van der Waals surface area contributed by atoms with Gasteiger partial charge in [0.2, 0.25) is 5.78 Å². The minimum atomic E-state index is -0.778. The number of carboxylic acids is 1. The lowest BCUT2D eigenvalue weighted by atomic mass is 9.97. The molecular weight excluding hydrogens is 420 g/mol. The Hall–Kier alpha value is -4.11. The van der Waals surface area contributed by atoms with Crippen molar-refractivity contribution in [3.63, 3.8) is 0 Å². The Morgan fingerprint density at radius 2 is 1.88 bits per heavy atom. The number of aliphatic carboxylic acids is 1. The summed E-state index contributed by atoms with van der Waals surface area (Å²) in [5.41, 5.74) is 1.77. The van der Waals surface area contributed by atoms with Gasteiger partial charge in [-0.05, 0) is 37.8 Å². The highest BCUT2D eigenvalue weighted by Gasteiger charge is 2.27. The Morgan fingerprint density at radius 3 is 2.52 bits per heavy atom. The number of hydrogen-bond acceptors (Lipinski definition) is 6. The second kappa shape index (κ2) is 9.58. The number of carboxylic acid groups (broad SMARTS) is 1. The summed E-state index contributed by atoms with van der Waals surface area (Å²) in [6.45, 7) is 1.69. The molecule has 168 valence electrons. The molecule has 0 spiro atoms. The summed E-state index contributed by atoms with van der Waals surface area (Å²) < 4.78 is 3.51. The van der Waals surface area contributed by atoms with E-state index in [9.17, 15) is 14.7 Å². The number of aromatic nitrogens is 3. The van der Waals surface area contributed by atoms with Crippen molar-refractivity contribution in [3.8, 4) is 23.4 Å². The van der Waals surface area contributed by atoms with Crippen LogP contribution in [0.3, 0.4) is 0 Å². The van der Waals surface area contributed by atoms with Crippen LogP contribution in [0.15, 0.2) is 41.3 Å². The average Bonchev–Trinajstić information content (AvgIpc) is 3.29. The highest BCUT2D eigenvalue weighted by molar-refractivity contribution is 5.70. The lowest BCUT2D eigenvalue weighted by Crippen LogP contribution is -2.39. The van der Waals surface area contributed by atoms with E-state index < -0.39 is 5.97 Å². The number of fused-ring (bicyclic) bond motifs is 1. The van der Waals surface area contributed by atoms with Gasteiger partial charge in [-0.25, -0.2) is 4.98 Å². The lowest BCUT2D eigenvalue weighted by molar-refractivity contribution is -0.142. The molecule has 1 N–H and O–H groups in total. The van der Waals surface area contributed by atoms with E-state index in [4.69, 9.17) is 15.5 Å². The minimum Gasteiger partial charge on any atom is -0.481 e. The van der Waals surface area contributed by atoms with Gasteiger partial charge in [-0.15, -0.1) is 0 Å². The number of anilines is 1.